The minimum atomic E-state index is -0.203. The highest BCUT2D eigenvalue weighted by Gasteiger charge is 2.33. The fraction of sp³-hybridized carbons (Fsp3) is 0.355. The molecule has 0 spiro atoms. The van der Waals surface area contributed by atoms with Gasteiger partial charge in [-0.05, 0) is 44.0 Å². The van der Waals surface area contributed by atoms with Gasteiger partial charge in [0.25, 0.3) is 11.8 Å². The lowest BCUT2D eigenvalue weighted by molar-refractivity contribution is 0.0826. The standard InChI is InChI=1S/C31H36N8O2/c1-19(2)39-29-20(3)17-38(27-12-11-24(14-34-27)31(41)37(5)6)18-26(29)28(36-39)30(40)35-13-22-7-9-23(10-8-22)25-15-32-21(4)33-16-25/h7-12,14-16,19-20H,13,17-18H2,1-6H3,(H,35,40)/t20-/m0/s1. The summed E-state index contributed by atoms with van der Waals surface area (Å²) in [6.45, 7) is 9.80. The first-order valence-corrected chi connectivity index (χ1v) is 13.8. The first-order chi connectivity index (χ1) is 19.6. The molecule has 2 amide bonds. The Hall–Kier alpha value is -4.60. The number of carbonyl (C=O) groups excluding carboxylic acids is 2. The van der Waals surface area contributed by atoms with Crippen molar-refractivity contribution in [1.82, 2.24) is 34.9 Å². The smallest absolute Gasteiger partial charge is 0.272 e. The molecule has 0 radical (unpaired) electrons. The number of benzene rings is 1. The molecular weight excluding hydrogens is 516 g/mol. The van der Waals surface area contributed by atoms with Gasteiger partial charge in [-0.1, -0.05) is 31.2 Å². The van der Waals surface area contributed by atoms with Crippen LogP contribution in [0.1, 0.15) is 76.2 Å². The van der Waals surface area contributed by atoms with Crippen molar-refractivity contribution in [2.24, 2.45) is 0 Å². The summed E-state index contributed by atoms with van der Waals surface area (Å²) in [4.78, 5) is 42.6. The second kappa shape index (κ2) is 11.5. The third kappa shape index (κ3) is 5.82. The average molecular weight is 553 g/mol. The van der Waals surface area contributed by atoms with E-state index in [1.54, 1.807) is 26.4 Å². The van der Waals surface area contributed by atoms with Crippen LogP contribution in [0.2, 0.25) is 0 Å². The Kier molecular flexibility index (Phi) is 7.83. The molecule has 4 aromatic rings. The first kappa shape index (κ1) is 27.9. The predicted molar refractivity (Wildman–Crippen MR) is 158 cm³/mol. The Bertz CT molecular complexity index is 1540. The quantitative estimate of drug-likeness (QED) is 0.362. The van der Waals surface area contributed by atoms with Crippen molar-refractivity contribution < 1.29 is 9.59 Å². The maximum atomic E-state index is 13.5. The van der Waals surface area contributed by atoms with E-state index in [4.69, 9.17) is 5.10 Å². The largest absolute Gasteiger partial charge is 0.351 e. The molecular formula is C31H36N8O2. The molecule has 0 saturated heterocycles. The van der Waals surface area contributed by atoms with E-state index in [0.717, 1.165) is 46.1 Å². The summed E-state index contributed by atoms with van der Waals surface area (Å²) in [6, 6.07) is 11.8. The average Bonchev–Trinajstić information content (AvgIpc) is 3.37. The Balaban J connectivity index is 1.34. The molecule has 5 rings (SSSR count). The van der Waals surface area contributed by atoms with E-state index in [1.807, 2.05) is 54.3 Å². The van der Waals surface area contributed by atoms with Crippen LogP contribution < -0.4 is 10.2 Å². The third-order valence-electron chi connectivity index (χ3n) is 7.31. The van der Waals surface area contributed by atoms with Crippen LogP contribution in [-0.4, -0.2) is 62.1 Å². The first-order valence-electron chi connectivity index (χ1n) is 13.8. The maximum Gasteiger partial charge on any atom is 0.272 e. The molecule has 1 atom stereocenters. The van der Waals surface area contributed by atoms with Crippen LogP contribution in [0.3, 0.4) is 0 Å². The number of anilines is 1. The number of pyridine rings is 1. The summed E-state index contributed by atoms with van der Waals surface area (Å²) in [6.07, 6.45) is 5.23. The second-order valence-electron chi connectivity index (χ2n) is 11.0. The molecule has 1 aliphatic heterocycles. The summed E-state index contributed by atoms with van der Waals surface area (Å²) in [5, 5.41) is 7.86. The lowest BCUT2D eigenvalue weighted by Crippen LogP contribution is -2.35. The molecule has 0 saturated carbocycles. The van der Waals surface area contributed by atoms with Gasteiger partial charge in [-0.2, -0.15) is 5.10 Å². The molecule has 4 heterocycles. The van der Waals surface area contributed by atoms with Gasteiger partial charge in [0.05, 0.1) is 5.56 Å². The Morgan fingerprint density at radius 2 is 1.71 bits per heavy atom. The number of rotatable bonds is 7. The van der Waals surface area contributed by atoms with Gasteiger partial charge in [0, 0.05) is 81.1 Å². The van der Waals surface area contributed by atoms with Crippen molar-refractivity contribution in [2.45, 2.75) is 52.7 Å². The minimum Gasteiger partial charge on any atom is -0.351 e. The van der Waals surface area contributed by atoms with E-state index in [-0.39, 0.29) is 23.8 Å². The van der Waals surface area contributed by atoms with Gasteiger partial charge in [0.15, 0.2) is 5.69 Å². The van der Waals surface area contributed by atoms with Gasteiger partial charge >= 0.3 is 0 Å². The van der Waals surface area contributed by atoms with E-state index in [9.17, 15) is 9.59 Å². The maximum absolute atomic E-state index is 13.5. The fourth-order valence-electron chi connectivity index (χ4n) is 5.16. The van der Waals surface area contributed by atoms with Crippen LogP contribution in [0.15, 0.2) is 55.0 Å². The van der Waals surface area contributed by atoms with Crippen molar-refractivity contribution >= 4 is 17.6 Å². The zero-order valence-corrected chi connectivity index (χ0v) is 24.4. The zero-order valence-electron chi connectivity index (χ0n) is 24.4. The molecule has 10 nitrogen and oxygen atoms in total. The topological polar surface area (TPSA) is 109 Å². The number of aromatic nitrogens is 5. The van der Waals surface area contributed by atoms with E-state index >= 15 is 0 Å². The Labute approximate surface area is 240 Å². The predicted octanol–water partition coefficient (Wildman–Crippen LogP) is 4.38. The zero-order chi connectivity index (χ0) is 29.3. The Morgan fingerprint density at radius 1 is 1.00 bits per heavy atom. The summed E-state index contributed by atoms with van der Waals surface area (Å²) in [5.41, 5.74) is 5.94. The molecule has 0 aliphatic carbocycles. The lowest BCUT2D eigenvalue weighted by atomic mass is 9.95. The normalized spacial score (nSPS) is 14.6. The van der Waals surface area contributed by atoms with Crippen LogP contribution in [0.4, 0.5) is 5.82 Å². The molecule has 1 aromatic carbocycles. The van der Waals surface area contributed by atoms with Crippen molar-refractivity contribution in [3.05, 3.63) is 88.9 Å². The van der Waals surface area contributed by atoms with Crippen molar-refractivity contribution in [3.63, 3.8) is 0 Å². The molecule has 212 valence electrons. The second-order valence-corrected chi connectivity index (χ2v) is 11.0. The van der Waals surface area contributed by atoms with Crippen molar-refractivity contribution in [2.75, 3.05) is 25.5 Å². The highest BCUT2D eigenvalue weighted by Crippen LogP contribution is 2.34. The number of carbonyl (C=O) groups is 2. The molecule has 10 heteroatoms. The van der Waals surface area contributed by atoms with Gasteiger partial charge in [0.1, 0.15) is 11.6 Å². The van der Waals surface area contributed by atoms with Crippen molar-refractivity contribution in [1.29, 1.82) is 0 Å². The highest BCUT2D eigenvalue weighted by molar-refractivity contribution is 5.94. The molecule has 1 aliphatic rings. The van der Waals surface area contributed by atoms with Crippen LogP contribution in [0, 0.1) is 6.92 Å². The minimum absolute atomic E-state index is 0.0886. The lowest BCUT2D eigenvalue weighted by Gasteiger charge is -2.33. The van der Waals surface area contributed by atoms with Crippen LogP contribution in [-0.2, 0) is 13.1 Å². The number of fused-ring (bicyclic) bond motifs is 1. The van der Waals surface area contributed by atoms with Crippen LogP contribution in [0.5, 0.6) is 0 Å². The van der Waals surface area contributed by atoms with Gasteiger partial charge < -0.3 is 15.1 Å². The number of amides is 2. The highest BCUT2D eigenvalue weighted by atomic mass is 16.2. The van der Waals surface area contributed by atoms with Crippen molar-refractivity contribution in [3.8, 4) is 11.1 Å². The van der Waals surface area contributed by atoms with E-state index in [2.05, 4.69) is 45.9 Å². The molecule has 0 bridgehead atoms. The van der Waals surface area contributed by atoms with Gasteiger partial charge in [0.2, 0.25) is 0 Å². The van der Waals surface area contributed by atoms with E-state index in [0.29, 0.717) is 24.3 Å². The van der Waals surface area contributed by atoms with Gasteiger partial charge in [-0.3, -0.25) is 14.3 Å². The summed E-state index contributed by atoms with van der Waals surface area (Å²) in [5.74, 6) is 1.34. The molecule has 1 N–H and O–H groups in total. The van der Waals surface area contributed by atoms with E-state index in [1.165, 1.54) is 4.90 Å². The number of hydrogen-bond donors (Lipinski definition) is 1. The molecule has 0 unspecified atom stereocenters. The number of nitrogens with zero attached hydrogens (tertiary/aromatic N) is 7. The summed E-state index contributed by atoms with van der Waals surface area (Å²) in [7, 11) is 3.44. The number of hydrogen-bond acceptors (Lipinski definition) is 7. The summed E-state index contributed by atoms with van der Waals surface area (Å²) < 4.78 is 1.98. The summed E-state index contributed by atoms with van der Waals surface area (Å²) >= 11 is 0. The SMILES string of the molecule is Cc1ncc(-c2ccc(CNC(=O)c3nn(C(C)C)c4c3CN(c3ccc(C(=O)N(C)C)cn3)C[C@@H]4C)cc2)cn1. The fourth-order valence-corrected chi connectivity index (χ4v) is 5.16. The van der Waals surface area contributed by atoms with Crippen LogP contribution in [0.25, 0.3) is 11.1 Å². The van der Waals surface area contributed by atoms with Gasteiger partial charge in [-0.25, -0.2) is 15.0 Å². The Morgan fingerprint density at radius 3 is 2.32 bits per heavy atom. The van der Waals surface area contributed by atoms with E-state index < -0.39 is 0 Å². The monoisotopic (exact) mass is 552 g/mol. The van der Waals surface area contributed by atoms with Crippen LogP contribution >= 0.6 is 0 Å². The molecule has 41 heavy (non-hydrogen) atoms. The number of nitrogens with one attached hydrogen (secondary N) is 1. The number of aryl methyl sites for hydroxylation is 1. The molecule has 3 aromatic heterocycles. The molecule has 0 fully saturated rings. The third-order valence-corrected chi connectivity index (χ3v) is 7.31. The van der Waals surface area contributed by atoms with Gasteiger partial charge in [-0.15, -0.1) is 0 Å².